The molecule has 1 heterocycles. The fourth-order valence-electron chi connectivity index (χ4n) is 3.08. The van der Waals surface area contributed by atoms with Crippen molar-refractivity contribution in [2.24, 2.45) is 0 Å². The SMILES string of the molecule is CCC(C)c1ccc(C(CC)NC(=O)CCn2nc(C)c(Cl)c2C)cc1. The normalized spacial score (nSPS) is 13.5. The minimum absolute atomic E-state index is 0.0338. The molecule has 142 valence electrons. The second-order valence-electron chi connectivity index (χ2n) is 6.96. The van der Waals surface area contributed by atoms with Crippen molar-refractivity contribution in [3.05, 3.63) is 51.8 Å². The summed E-state index contributed by atoms with van der Waals surface area (Å²) in [6, 6.07) is 8.66. The highest BCUT2D eigenvalue weighted by Gasteiger charge is 2.15. The van der Waals surface area contributed by atoms with E-state index in [1.54, 1.807) is 4.68 Å². The molecule has 4 nitrogen and oxygen atoms in total. The molecule has 2 atom stereocenters. The average molecular weight is 376 g/mol. The van der Waals surface area contributed by atoms with E-state index < -0.39 is 0 Å². The number of carbonyl (C=O) groups excluding carboxylic acids is 1. The number of rotatable bonds is 8. The third kappa shape index (κ3) is 4.88. The highest BCUT2D eigenvalue weighted by molar-refractivity contribution is 6.31. The third-order valence-electron chi connectivity index (χ3n) is 5.11. The number of amides is 1. The highest BCUT2D eigenvalue weighted by Crippen LogP contribution is 2.23. The van der Waals surface area contributed by atoms with Gasteiger partial charge in [0.2, 0.25) is 5.91 Å². The van der Waals surface area contributed by atoms with Gasteiger partial charge in [0.05, 0.1) is 29.0 Å². The van der Waals surface area contributed by atoms with Crippen LogP contribution in [0, 0.1) is 13.8 Å². The van der Waals surface area contributed by atoms with E-state index >= 15 is 0 Å². The van der Waals surface area contributed by atoms with E-state index in [4.69, 9.17) is 11.6 Å². The maximum absolute atomic E-state index is 12.4. The van der Waals surface area contributed by atoms with Gasteiger partial charge in [-0.1, -0.05) is 56.6 Å². The number of carbonyl (C=O) groups is 1. The average Bonchev–Trinajstić information content (AvgIpc) is 2.90. The van der Waals surface area contributed by atoms with Crippen LogP contribution in [0.2, 0.25) is 5.02 Å². The summed E-state index contributed by atoms with van der Waals surface area (Å²) in [5, 5.41) is 8.20. The number of aromatic nitrogens is 2. The van der Waals surface area contributed by atoms with E-state index in [1.807, 2.05) is 13.8 Å². The molecule has 0 radical (unpaired) electrons. The van der Waals surface area contributed by atoms with Crippen molar-refractivity contribution < 1.29 is 4.79 Å². The minimum atomic E-state index is 0.0338. The molecule has 2 rings (SSSR count). The van der Waals surface area contributed by atoms with Crippen LogP contribution in [0.15, 0.2) is 24.3 Å². The lowest BCUT2D eigenvalue weighted by molar-refractivity contribution is -0.122. The predicted molar refractivity (Wildman–Crippen MR) is 108 cm³/mol. The lowest BCUT2D eigenvalue weighted by Crippen LogP contribution is -2.29. The van der Waals surface area contributed by atoms with E-state index in [2.05, 4.69) is 55.5 Å². The second kappa shape index (κ2) is 9.22. The summed E-state index contributed by atoms with van der Waals surface area (Å²) in [6.07, 6.45) is 2.38. The molecule has 2 aromatic rings. The Morgan fingerprint density at radius 1 is 1.15 bits per heavy atom. The van der Waals surface area contributed by atoms with Gasteiger partial charge in [-0.15, -0.1) is 0 Å². The van der Waals surface area contributed by atoms with E-state index in [-0.39, 0.29) is 11.9 Å². The van der Waals surface area contributed by atoms with Crippen LogP contribution in [0.25, 0.3) is 0 Å². The Morgan fingerprint density at radius 2 is 1.77 bits per heavy atom. The number of nitrogens with one attached hydrogen (secondary N) is 1. The van der Waals surface area contributed by atoms with Crippen molar-refractivity contribution in [1.82, 2.24) is 15.1 Å². The fraction of sp³-hybridized carbons (Fsp3) is 0.524. The van der Waals surface area contributed by atoms with Crippen LogP contribution in [0.5, 0.6) is 0 Å². The number of halogens is 1. The number of nitrogens with zero attached hydrogens (tertiary/aromatic N) is 2. The summed E-state index contributed by atoms with van der Waals surface area (Å²) in [4.78, 5) is 12.4. The predicted octanol–water partition coefficient (Wildman–Crippen LogP) is 5.32. The Kier molecular flexibility index (Phi) is 7.27. The summed E-state index contributed by atoms with van der Waals surface area (Å²) in [5.74, 6) is 0.595. The van der Waals surface area contributed by atoms with Gasteiger partial charge in [0.25, 0.3) is 0 Å². The molecule has 26 heavy (non-hydrogen) atoms. The standard InChI is InChI=1S/C21H30ClN3O/c1-6-14(3)17-8-10-18(11-9-17)19(7-2)23-20(26)12-13-25-16(5)21(22)15(4)24-25/h8-11,14,19H,6-7,12-13H2,1-5H3,(H,23,26). The first-order chi connectivity index (χ1) is 12.4. The topological polar surface area (TPSA) is 46.9 Å². The Morgan fingerprint density at radius 3 is 2.27 bits per heavy atom. The molecule has 0 spiro atoms. The summed E-state index contributed by atoms with van der Waals surface area (Å²) in [7, 11) is 0. The first-order valence-corrected chi connectivity index (χ1v) is 9.83. The number of hydrogen-bond acceptors (Lipinski definition) is 2. The molecule has 2 unspecified atom stereocenters. The van der Waals surface area contributed by atoms with Crippen LogP contribution in [0.1, 0.15) is 74.5 Å². The molecule has 1 aromatic heterocycles. The van der Waals surface area contributed by atoms with Crippen LogP contribution in [0.4, 0.5) is 0 Å². The summed E-state index contributed by atoms with van der Waals surface area (Å²) in [5.41, 5.74) is 4.21. The molecule has 0 saturated carbocycles. The van der Waals surface area contributed by atoms with Gasteiger partial charge in [0.1, 0.15) is 0 Å². The number of benzene rings is 1. The molecule has 0 bridgehead atoms. The monoisotopic (exact) mass is 375 g/mol. The van der Waals surface area contributed by atoms with Gasteiger partial charge in [0, 0.05) is 6.42 Å². The Balaban J connectivity index is 1.96. The highest BCUT2D eigenvalue weighted by atomic mass is 35.5. The summed E-state index contributed by atoms with van der Waals surface area (Å²) >= 11 is 6.16. The Labute approximate surface area is 161 Å². The molecule has 0 aliphatic rings. The van der Waals surface area contributed by atoms with Crippen molar-refractivity contribution in [1.29, 1.82) is 0 Å². The zero-order chi connectivity index (χ0) is 19.3. The number of aryl methyl sites for hydroxylation is 2. The van der Waals surface area contributed by atoms with Crippen LogP contribution in [0.3, 0.4) is 0 Å². The first-order valence-electron chi connectivity index (χ1n) is 9.46. The van der Waals surface area contributed by atoms with Crippen LogP contribution >= 0.6 is 11.6 Å². The lowest BCUT2D eigenvalue weighted by atomic mass is 9.95. The minimum Gasteiger partial charge on any atom is -0.349 e. The molecular weight excluding hydrogens is 346 g/mol. The molecule has 1 aromatic carbocycles. The van der Waals surface area contributed by atoms with Crippen molar-refractivity contribution in [3.63, 3.8) is 0 Å². The molecule has 1 N–H and O–H groups in total. The molecule has 0 aliphatic heterocycles. The van der Waals surface area contributed by atoms with E-state index in [9.17, 15) is 4.79 Å². The van der Waals surface area contributed by atoms with Gasteiger partial charge in [-0.3, -0.25) is 9.48 Å². The molecule has 5 heteroatoms. The van der Waals surface area contributed by atoms with Crippen molar-refractivity contribution in [2.45, 2.75) is 72.4 Å². The zero-order valence-corrected chi connectivity index (χ0v) is 17.2. The molecule has 0 fully saturated rings. The maximum atomic E-state index is 12.4. The smallest absolute Gasteiger partial charge is 0.222 e. The molecule has 1 amide bonds. The molecule has 0 saturated heterocycles. The van der Waals surface area contributed by atoms with E-state index in [0.717, 1.165) is 29.8 Å². The Bertz CT molecular complexity index is 736. The fourth-order valence-corrected chi connectivity index (χ4v) is 3.22. The summed E-state index contributed by atoms with van der Waals surface area (Å²) in [6.45, 7) is 10.9. The van der Waals surface area contributed by atoms with Crippen molar-refractivity contribution in [3.8, 4) is 0 Å². The molecular formula is C21H30ClN3O. The lowest BCUT2D eigenvalue weighted by Gasteiger charge is -2.19. The maximum Gasteiger partial charge on any atom is 0.222 e. The van der Waals surface area contributed by atoms with Crippen LogP contribution in [-0.2, 0) is 11.3 Å². The zero-order valence-electron chi connectivity index (χ0n) is 16.5. The van der Waals surface area contributed by atoms with Gasteiger partial charge in [-0.25, -0.2) is 0 Å². The third-order valence-corrected chi connectivity index (χ3v) is 5.65. The molecule has 0 aliphatic carbocycles. The quantitative estimate of drug-likeness (QED) is 0.678. The Hall–Kier alpha value is -1.81. The van der Waals surface area contributed by atoms with Gasteiger partial charge in [0.15, 0.2) is 0 Å². The number of hydrogen-bond donors (Lipinski definition) is 1. The van der Waals surface area contributed by atoms with Gasteiger partial charge >= 0.3 is 0 Å². The van der Waals surface area contributed by atoms with Gasteiger partial charge < -0.3 is 5.32 Å². The van der Waals surface area contributed by atoms with Gasteiger partial charge in [-0.2, -0.15) is 5.10 Å². The summed E-state index contributed by atoms with van der Waals surface area (Å²) < 4.78 is 1.80. The van der Waals surface area contributed by atoms with Crippen LogP contribution in [-0.4, -0.2) is 15.7 Å². The van der Waals surface area contributed by atoms with Crippen molar-refractivity contribution >= 4 is 17.5 Å². The van der Waals surface area contributed by atoms with Crippen LogP contribution < -0.4 is 5.32 Å². The second-order valence-corrected chi connectivity index (χ2v) is 7.34. The van der Waals surface area contributed by atoms with E-state index in [1.165, 1.54) is 5.56 Å². The largest absolute Gasteiger partial charge is 0.349 e. The van der Waals surface area contributed by atoms with E-state index in [0.29, 0.717) is 23.9 Å². The van der Waals surface area contributed by atoms with Gasteiger partial charge in [-0.05, 0) is 43.7 Å². The van der Waals surface area contributed by atoms with Crippen molar-refractivity contribution in [2.75, 3.05) is 0 Å². The first kappa shape index (κ1) is 20.5.